The van der Waals surface area contributed by atoms with Crippen LogP contribution >= 0.6 is 11.6 Å². The van der Waals surface area contributed by atoms with Crippen molar-refractivity contribution in [1.29, 1.82) is 0 Å². The molecule has 7 nitrogen and oxygen atoms in total. The Hall–Kier alpha value is -2.84. The summed E-state index contributed by atoms with van der Waals surface area (Å²) < 4.78 is 18.4. The summed E-state index contributed by atoms with van der Waals surface area (Å²) in [5.41, 5.74) is 2.15. The average Bonchev–Trinajstić information content (AvgIpc) is 2.69. The lowest BCUT2D eigenvalue weighted by Gasteiger charge is -2.13. The average molecular weight is 389 g/mol. The number of ether oxygens (including phenoxy) is 1. The van der Waals surface area contributed by atoms with Gasteiger partial charge in [0.1, 0.15) is 18.0 Å². The van der Waals surface area contributed by atoms with Gasteiger partial charge in [-0.2, -0.15) is 4.98 Å². The fraction of sp³-hybridized carbons (Fsp3) is 0.222. The first-order valence-electron chi connectivity index (χ1n) is 8.24. The largest absolute Gasteiger partial charge is 0.385 e. The summed E-state index contributed by atoms with van der Waals surface area (Å²) in [5, 5.41) is 6.33. The molecule has 0 spiro atoms. The van der Waals surface area contributed by atoms with Gasteiger partial charge in [-0.15, -0.1) is 0 Å². The van der Waals surface area contributed by atoms with E-state index < -0.39 is 5.82 Å². The van der Waals surface area contributed by atoms with Crippen molar-refractivity contribution in [3.8, 4) is 11.1 Å². The van der Waals surface area contributed by atoms with Crippen LogP contribution in [-0.4, -0.2) is 40.2 Å². The number of hydrogen-bond donors (Lipinski definition) is 2. The van der Waals surface area contributed by atoms with Crippen molar-refractivity contribution >= 4 is 29.1 Å². The van der Waals surface area contributed by atoms with Gasteiger partial charge in [0.05, 0.1) is 5.02 Å². The molecule has 0 aliphatic rings. The zero-order chi connectivity index (χ0) is 19.1. The second-order valence-corrected chi connectivity index (χ2v) is 6.02. The molecule has 0 atom stereocenters. The minimum atomic E-state index is -0.483. The molecule has 3 rings (SSSR count). The van der Waals surface area contributed by atoms with Crippen LogP contribution in [-0.2, 0) is 4.74 Å². The minimum absolute atomic E-state index is 0.0240. The smallest absolute Gasteiger partial charge is 0.229 e. The lowest BCUT2D eigenvalue weighted by Crippen LogP contribution is -2.09. The van der Waals surface area contributed by atoms with E-state index in [9.17, 15) is 4.39 Å². The van der Waals surface area contributed by atoms with E-state index in [1.807, 2.05) is 0 Å². The number of nitrogens with one attached hydrogen (secondary N) is 2. The summed E-state index contributed by atoms with van der Waals surface area (Å²) in [6.45, 7) is 1.31. The molecule has 27 heavy (non-hydrogen) atoms. The molecule has 1 aromatic carbocycles. The highest BCUT2D eigenvalue weighted by molar-refractivity contribution is 6.31. The first-order valence-corrected chi connectivity index (χ1v) is 8.62. The predicted octanol–water partition coefficient (Wildman–Crippen LogP) is 3.92. The van der Waals surface area contributed by atoms with Crippen molar-refractivity contribution in [3.63, 3.8) is 0 Å². The molecular formula is C18H18ClFN6O. The molecule has 2 N–H and O–H groups in total. The highest BCUT2D eigenvalue weighted by Gasteiger charge is 2.11. The summed E-state index contributed by atoms with van der Waals surface area (Å²) in [6, 6.07) is 4.32. The van der Waals surface area contributed by atoms with E-state index in [4.69, 9.17) is 16.3 Å². The van der Waals surface area contributed by atoms with E-state index in [0.717, 1.165) is 17.5 Å². The van der Waals surface area contributed by atoms with Crippen molar-refractivity contribution in [2.75, 3.05) is 30.9 Å². The van der Waals surface area contributed by atoms with E-state index in [2.05, 4.69) is 30.6 Å². The van der Waals surface area contributed by atoms with Crippen molar-refractivity contribution in [1.82, 2.24) is 19.9 Å². The zero-order valence-corrected chi connectivity index (χ0v) is 15.4. The van der Waals surface area contributed by atoms with E-state index in [1.54, 1.807) is 31.8 Å². The molecule has 2 heterocycles. The number of rotatable bonds is 8. The van der Waals surface area contributed by atoms with Crippen LogP contribution in [0.25, 0.3) is 11.1 Å². The molecule has 0 aliphatic carbocycles. The molecule has 0 fully saturated rings. The fourth-order valence-corrected chi connectivity index (χ4v) is 2.53. The highest BCUT2D eigenvalue weighted by Crippen LogP contribution is 2.27. The third kappa shape index (κ3) is 5.08. The lowest BCUT2D eigenvalue weighted by molar-refractivity contribution is 0.198. The van der Waals surface area contributed by atoms with Crippen molar-refractivity contribution < 1.29 is 9.13 Å². The molecular weight excluding hydrogens is 371 g/mol. The molecule has 0 bridgehead atoms. The molecule has 0 radical (unpaired) electrons. The Morgan fingerprint density at radius 2 is 2.00 bits per heavy atom. The summed E-state index contributed by atoms with van der Waals surface area (Å²) in [5.74, 6) is 0.502. The molecule has 0 saturated heterocycles. The molecule has 2 aromatic heterocycles. The fourth-order valence-electron chi connectivity index (χ4n) is 2.35. The van der Waals surface area contributed by atoms with Crippen LogP contribution in [0, 0.1) is 5.82 Å². The maximum absolute atomic E-state index is 13.3. The van der Waals surface area contributed by atoms with Gasteiger partial charge in [-0.3, -0.25) is 0 Å². The Balaban J connectivity index is 1.86. The third-order valence-electron chi connectivity index (χ3n) is 3.65. The number of hydrogen-bond acceptors (Lipinski definition) is 7. The van der Waals surface area contributed by atoms with Gasteiger partial charge in [-0.1, -0.05) is 11.6 Å². The second-order valence-electron chi connectivity index (χ2n) is 5.61. The molecule has 0 amide bonds. The number of aromatic nitrogens is 4. The van der Waals surface area contributed by atoms with Gasteiger partial charge in [0.15, 0.2) is 0 Å². The number of methoxy groups -OCH3 is 1. The molecule has 0 saturated carbocycles. The van der Waals surface area contributed by atoms with Gasteiger partial charge in [0.2, 0.25) is 5.95 Å². The van der Waals surface area contributed by atoms with Crippen LogP contribution in [0.3, 0.4) is 0 Å². The van der Waals surface area contributed by atoms with Gasteiger partial charge in [0.25, 0.3) is 0 Å². The summed E-state index contributed by atoms with van der Waals surface area (Å²) in [4.78, 5) is 16.9. The first-order chi connectivity index (χ1) is 13.2. The highest BCUT2D eigenvalue weighted by atomic mass is 35.5. The normalized spacial score (nSPS) is 10.6. The SMILES string of the molecule is COCCCNc1nc(Nc2ccc(F)c(Cl)c2)ncc1-c1cncnc1. The van der Waals surface area contributed by atoms with Crippen LogP contribution in [0.2, 0.25) is 5.02 Å². The topological polar surface area (TPSA) is 84.9 Å². The number of halogens is 2. The Morgan fingerprint density at radius 3 is 2.74 bits per heavy atom. The van der Waals surface area contributed by atoms with Crippen LogP contribution in [0.4, 0.5) is 21.8 Å². The molecule has 9 heteroatoms. The van der Waals surface area contributed by atoms with E-state index in [-0.39, 0.29) is 5.02 Å². The van der Waals surface area contributed by atoms with Gasteiger partial charge in [-0.25, -0.2) is 19.3 Å². The van der Waals surface area contributed by atoms with Crippen LogP contribution < -0.4 is 10.6 Å². The molecule has 140 valence electrons. The third-order valence-corrected chi connectivity index (χ3v) is 3.94. The van der Waals surface area contributed by atoms with Crippen LogP contribution in [0.5, 0.6) is 0 Å². The Kier molecular flexibility index (Phi) is 6.45. The van der Waals surface area contributed by atoms with E-state index >= 15 is 0 Å². The number of anilines is 3. The molecule has 3 aromatic rings. The second kappa shape index (κ2) is 9.20. The summed E-state index contributed by atoms with van der Waals surface area (Å²) in [7, 11) is 1.66. The van der Waals surface area contributed by atoms with Crippen molar-refractivity contribution in [3.05, 3.63) is 54.0 Å². The number of nitrogens with zero attached hydrogens (tertiary/aromatic N) is 4. The predicted molar refractivity (Wildman–Crippen MR) is 103 cm³/mol. The Labute approximate surface area is 161 Å². The van der Waals surface area contributed by atoms with Crippen molar-refractivity contribution in [2.24, 2.45) is 0 Å². The molecule has 0 aliphatic heterocycles. The molecule has 0 unspecified atom stereocenters. The van der Waals surface area contributed by atoms with Crippen molar-refractivity contribution in [2.45, 2.75) is 6.42 Å². The van der Waals surface area contributed by atoms with E-state index in [0.29, 0.717) is 30.6 Å². The van der Waals surface area contributed by atoms with Gasteiger partial charge < -0.3 is 15.4 Å². The van der Waals surface area contributed by atoms with Gasteiger partial charge in [-0.05, 0) is 24.6 Å². The minimum Gasteiger partial charge on any atom is -0.385 e. The first kappa shape index (κ1) is 18.9. The van der Waals surface area contributed by atoms with Gasteiger partial charge >= 0.3 is 0 Å². The van der Waals surface area contributed by atoms with Crippen LogP contribution in [0.1, 0.15) is 6.42 Å². The number of benzene rings is 1. The standard InChI is InChI=1S/C18H18ClFN6O/c1-27-6-2-5-23-17-14(12-8-21-11-22-9-12)10-24-18(26-17)25-13-3-4-16(20)15(19)7-13/h3-4,7-11H,2,5-6H2,1H3,(H2,23,24,25,26). The van der Waals surface area contributed by atoms with Crippen LogP contribution in [0.15, 0.2) is 43.1 Å². The van der Waals surface area contributed by atoms with Gasteiger partial charge in [0, 0.05) is 55.7 Å². The monoisotopic (exact) mass is 388 g/mol. The Bertz CT molecular complexity index is 896. The summed E-state index contributed by atoms with van der Waals surface area (Å²) >= 11 is 5.82. The maximum atomic E-state index is 13.3. The van der Waals surface area contributed by atoms with E-state index in [1.165, 1.54) is 18.5 Å². The Morgan fingerprint density at radius 1 is 1.19 bits per heavy atom. The quantitative estimate of drug-likeness (QED) is 0.566. The summed E-state index contributed by atoms with van der Waals surface area (Å²) in [6.07, 6.45) is 7.35. The zero-order valence-electron chi connectivity index (χ0n) is 14.6. The lowest BCUT2D eigenvalue weighted by atomic mass is 10.1. The maximum Gasteiger partial charge on any atom is 0.229 e.